The summed E-state index contributed by atoms with van der Waals surface area (Å²) >= 11 is 0. The first-order chi connectivity index (χ1) is 7.71. The van der Waals surface area contributed by atoms with E-state index in [1.54, 1.807) is 0 Å². The van der Waals surface area contributed by atoms with Crippen LogP contribution in [0, 0.1) is 11.8 Å². The molecule has 0 radical (unpaired) electrons. The Bertz CT molecular complexity index is 180. The van der Waals surface area contributed by atoms with Gasteiger partial charge in [0.15, 0.2) is 0 Å². The summed E-state index contributed by atoms with van der Waals surface area (Å²) in [5.41, 5.74) is 5.81. The molecule has 0 bridgehead atoms. The van der Waals surface area contributed by atoms with Gasteiger partial charge in [0.2, 0.25) is 0 Å². The van der Waals surface area contributed by atoms with E-state index in [1.165, 1.54) is 45.2 Å². The standard InChI is InChI=1S/C14H30N2/c1-4-12(3)9-14(5-2)16-8-6-7-13(10-15)11-16/h12-14H,4-11,15H2,1-3H3. The molecule has 0 spiro atoms. The van der Waals surface area contributed by atoms with Crippen molar-refractivity contribution in [2.75, 3.05) is 19.6 Å². The summed E-state index contributed by atoms with van der Waals surface area (Å²) in [6.45, 7) is 10.4. The molecule has 1 rings (SSSR count). The van der Waals surface area contributed by atoms with Crippen LogP contribution in [0.4, 0.5) is 0 Å². The third-order valence-electron chi connectivity index (χ3n) is 4.24. The number of hydrogen-bond acceptors (Lipinski definition) is 2. The average Bonchev–Trinajstić information content (AvgIpc) is 2.35. The first-order valence-electron chi connectivity index (χ1n) is 7.15. The number of likely N-dealkylation sites (tertiary alicyclic amines) is 1. The summed E-state index contributed by atoms with van der Waals surface area (Å²) in [5.74, 6) is 1.61. The van der Waals surface area contributed by atoms with Crippen molar-refractivity contribution in [1.82, 2.24) is 4.90 Å². The Morgan fingerprint density at radius 3 is 2.62 bits per heavy atom. The van der Waals surface area contributed by atoms with Crippen molar-refractivity contribution in [3.8, 4) is 0 Å². The molecule has 1 aliphatic rings. The normalized spacial score (nSPS) is 26.6. The number of piperidine rings is 1. The van der Waals surface area contributed by atoms with E-state index >= 15 is 0 Å². The lowest BCUT2D eigenvalue weighted by atomic mass is 9.92. The Hall–Kier alpha value is -0.0800. The minimum absolute atomic E-state index is 0.750. The van der Waals surface area contributed by atoms with E-state index in [9.17, 15) is 0 Å². The lowest BCUT2D eigenvalue weighted by Gasteiger charge is -2.38. The second-order valence-electron chi connectivity index (χ2n) is 5.55. The van der Waals surface area contributed by atoms with Crippen molar-refractivity contribution in [1.29, 1.82) is 0 Å². The molecule has 0 amide bonds. The third-order valence-corrected chi connectivity index (χ3v) is 4.24. The van der Waals surface area contributed by atoms with Gasteiger partial charge in [-0.25, -0.2) is 0 Å². The van der Waals surface area contributed by atoms with Gasteiger partial charge in [-0.15, -0.1) is 0 Å². The molecule has 0 aromatic heterocycles. The summed E-state index contributed by atoms with van der Waals surface area (Å²) in [4.78, 5) is 2.70. The second kappa shape index (κ2) is 7.29. The van der Waals surface area contributed by atoms with Crippen LogP contribution in [0.2, 0.25) is 0 Å². The van der Waals surface area contributed by atoms with Gasteiger partial charge in [-0.05, 0) is 50.6 Å². The molecule has 2 N–H and O–H groups in total. The van der Waals surface area contributed by atoms with Crippen molar-refractivity contribution in [3.05, 3.63) is 0 Å². The SMILES string of the molecule is CCC(C)CC(CC)N1CCCC(CN)C1. The van der Waals surface area contributed by atoms with Crippen LogP contribution < -0.4 is 5.73 Å². The smallest absolute Gasteiger partial charge is 0.00952 e. The molecular weight excluding hydrogens is 196 g/mol. The lowest BCUT2D eigenvalue weighted by Crippen LogP contribution is -2.44. The fourth-order valence-corrected chi connectivity index (χ4v) is 2.83. The highest BCUT2D eigenvalue weighted by Crippen LogP contribution is 2.23. The van der Waals surface area contributed by atoms with Gasteiger partial charge in [-0.3, -0.25) is 0 Å². The van der Waals surface area contributed by atoms with Gasteiger partial charge in [0.25, 0.3) is 0 Å². The maximum Gasteiger partial charge on any atom is 0.00952 e. The van der Waals surface area contributed by atoms with E-state index in [0.29, 0.717) is 0 Å². The zero-order valence-corrected chi connectivity index (χ0v) is 11.4. The van der Waals surface area contributed by atoms with Gasteiger partial charge < -0.3 is 10.6 Å². The monoisotopic (exact) mass is 226 g/mol. The largest absolute Gasteiger partial charge is 0.330 e. The molecular formula is C14H30N2. The molecule has 0 aromatic rings. The molecule has 3 atom stereocenters. The fraction of sp³-hybridized carbons (Fsp3) is 1.00. The zero-order valence-electron chi connectivity index (χ0n) is 11.4. The molecule has 96 valence electrons. The van der Waals surface area contributed by atoms with E-state index in [0.717, 1.165) is 24.4 Å². The van der Waals surface area contributed by atoms with Crippen molar-refractivity contribution >= 4 is 0 Å². The van der Waals surface area contributed by atoms with E-state index in [-0.39, 0.29) is 0 Å². The fourth-order valence-electron chi connectivity index (χ4n) is 2.83. The Morgan fingerprint density at radius 2 is 2.06 bits per heavy atom. The second-order valence-corrected chi connectivity index (χ2v) is 5.55. The summed E-state index contributed by atoms with van der Waals surface area (Å²) in [7, 11) is 0. The molecule has 16 heavy (non-hydrogen) atoms. The molecule has 0 aromatic carbocycles. The molecule has 2 nitrogen and oxygen atoms in total. The molecule has 1 saturated heterocycles. The first kappa shape index (κ1) is 14.0. The highest BCUT2D eigenvalue weighted by Gasteiger charge is 2.24. The number of nitrogens with zero attached hydrogens (tertiary/aromatic N) is 1. The van der Waals surface area contributed by atoms with Crippen LogP contribution in [0.1, 0.15) is 52.9 Å². The van der Waals surface area contributed by atoms with E-state index in [4.69, 9.17) is 5.73 Å². The van der Waals surface area contributed by atoms with Gasteiger partial charge >= 0.3 is 0 Å². The lowest BCUT2D eigenvalue weighted by molar-refractivity contribution is 0.107. The Kier molecular flexibility index (Phi) is 6.37. The Balaban J connectivity index is 2.44. The molecule has 0 saturated carbocycles. The summed E-state index contributed by atoms with van der Waals surface area (Å²) in [5, 5.41) is 0. The molecule has 0 aliphatic carbocycles. The predicted molar refractivity (Wildman–Crippen MR) is 71.5 cm³/mol. The predicted octanol–water partition coefficient (Wildman–Crippen LogP) is 2.87. The molecule has 2 heteroatoms. The summed E-state index contributed by atoms with van der Waals surface area (Å²) in [6, 6.07) is 0.796. The number of hydrogen-bond donors (Lipinski definition) is 1. The van der Waals surface area contributed by atoms with Crippen LogP contribution in [-0.4, -0.2) is 30.6 Å². The highest BCUT2D eigenvalue weighted by molar-refractivity contribution is 4.80. The van der Waals surface area contributed by atoms with Crippen molar-refractivity contribution < 1.29 is 0 Å². The quantitative estimate of drug-likeness (QED) is 0.754. The molecule has 1 heterocycles. The van der Waals surface area contributed by atoms with Crippen molar-refractivity contribution in [3.63, 3.8) is 0 Å². The molecule has 3 unspecified atom stereocenters. The summed E-state index contributed by atoms with van der Waals surface area (Å²) in [6.07, 6.45) is 6.65. The van der Waals surface area contributed by atoms with Crippen LogP contribution in [0.25, 0.3) is 0 Å². The minimum atomic E-state index is 0.750. The van der Waals surface area contributed by atoms with E-state index in [2.05, 4.69) is 25.7 Å². The van der Waals surface area contributed by atoms with Gasteiger partial charge in [0.1, 0.15) is 0 Å². The highest BCUT2D eigenvalue weighted by atomic mass is 15.2. The van der Waals surface area contributed by atoms with E-state index in [1.807, 2.05) is 0 Å². The first-order valence-corrected chi connectivity index (χ1v) is 7.15. The van der Waals surface area contributed by atoms with Gasteiger partial charge in [-0.1, -0.05) is 27.2 Å². The Labute approximate surface area is 102 Å². The van der Waals surface area contributed by atoms with Crippen LogP contribution in [0.5, 0.6) is 0 Å². The van der Waals surface area contributed by atoms with Crippen molar-refractivity contribution in [2.45, 2.75) is 58.9 Å². The third kappa shape index (κ3) is 4.06. The maximum absolute atomic E-state index is 5.81. The number of nitrogens with two attached hydrogens (primary N) is 1. The van der Waals surface area contributed by atoms with Crippen LogP contribution in [-0.2, 0) is 0 Å². The average molecular weight is 226 g/mol. The topological polar surface area (TPSA) is 29.3 Å². The van der Waals surface area contributed by atoms with Gasteiger partial charge in [0, 0.05) is 12.6 Å². The van der Waals surface area contributed by atoms with Gasteiger partial charge in [-0.2, -0.15) is 0 Å². The van der Waals surface area contributed by atoms with Crippen LogP contribution >= 0.6 is 0 Å². The summed E-state index contributed by atoms with van der Waals surface area (Å²) < 4.78 is 0. The van der Waals surface area contributed by atoms with Crippen molar-refractivity contribution in [2.24, 2.45) is 17.6 Å². The minimum Gasteiger partial charge on any atom is -0.330 e. The molecule has 1 aliphatic heterocycles. The zero-order chi connectivity index (χ0) is 12.0. The van der Waals surface area contributed by atoms with Gasteiger partial charge in [0.05, 0.1) is 0 Å². The maximum atomic E-state index is 5.81. The van der Waals surface area contributed by atoms with Crippen LogP contribution in [0.15, 0.2) is 0 Å². The van der Waals surface area contributed by atoms with Crippen LogP contribution in [0.3, 0.4) is 0 Å². The Morgan fingerprint density at radius 1 is 1.31 bits per heavy atom. The number of rotatable bonds is 6. The molecule has 1 fully saturated rings. The van der Waals surface area contributed by atoms with E-state index < -0.39 is 0 Å².